The Hall–Kier alpha value is 0.170. The first-order valence-corrected chi connectivity index (χ1v) is 5.26. The van der Waals surface area contributed by atoms with Gasteiger partial charge in [0.2, 0.25) is 0 Å². The molecule has 1 rings (SSSR count). The molecule has 0 heterocycles. The van der Waals surface area contributed by atoms with Crippen molar-refractivity contribution in [2.24, 2.45) is 17.4 Å². The Balaban J connectivity index is 0.00000169. The van der Waals surface area contributed by atoms with Gasteiger partial charge in [-0.2, -0.15) is 0 Å². The molecule has 0 aromatic heterocycles. The highest BCUT2D eigenvalue weighted by Crippen LogP contribution is 2.26. The number of nitrogens with two attached hydrogens (primary N) is 2. The molecule has 14 heavy (non-hydrogen) atoms. The number of hydrogen-bond donors (Lipinski definition) is 2. The summed E-state index contributed by atoms with van der Waals surface area (Å²) in [6, 6.07) is 0.373. The summed E-state index contributed by atoms with van der Waals surface area (Å²) in [4.78, 5) is 0. The molecule has 3 atom stereocenters. The molecule has 0 aromatic carbocycles. The third kappa shape index (κ3) is 4.13. The van der Waals surface area contributed by atoms with E-state index in [2.05, 4.69) is 0 Å². The number of hydrogen-bond acceptors (Lipinski definition) is 3. The van der Waals surface area contributed by atoms with E-state index < -0.39 is 0 Å². The molecule has 3 nitrogen and oxygen atoms in total. The molecule has 4 N–H and O–H groups in total. The SMILES string of the molecule is COC(CN)C[C@@H]1CCCC[C@@H]1N.Cl. The van der Waals surface area contributed by atoms with E-state index >= 15 is 0 Å². The smallest absolute Gasteiger partial charge is 0.0696 e. The lowest BCUT2D eigenvalue weighted by atomic mass is 9.81. The molecule has 1 saturated carbocycles. The van der Waals surface area contributed by atoms with Crippen molar-refractivity contribution in [1.82, 2.24) is 0 Å². The molecule has 0 aliphatic heterocycles. The average Bonchev–Trinajstić information content (AvgIpc) is 2.17. The number of halogens is 1. The van der Waals surface area contributed by atoms with Crippen LogP contribution in [0.25, 0.3) is 0 Å². The maximum Gasteiger partial charge on any atom is 0.0696 e. The zero-order chi connectivity index (χ0) is 9.68. The minimum absolute atomic E-state index is 0. The lowest BCUT2D eigenvalue weighted by molar-refractivity contribution is 0.0757. The molecule has 0 saturated heterocycles. The third-order valence-corrected chi connectivity index (χ3v) is 3.13. The van der Waals surface area contributed by atoms with E-state index in [1.54, 1.807) is 7.11 Å². The summed E-state index contributed by atoms with van der Waals surface area (Å²) < 4.78 is 5.27. The Morgan fingerprint density at radius 3 is 2.50 bits per heavy atom. The predicted molar refractivity (Wildman–Crippen MR) is 61.6 cm³/mol. The largest absolute Gasteiger partial charge is 0.380 e. The number of methoxy groups -OCH3 is 1. The number of rotatable bonds is 4. The molecule has 0 aromatic rings. The van der Waals surface area contributed by atoms with Gasteiger partial charge in [0.05, 0.1) is 6.10 Å². The Labute approximate surface area is 93.0 Å². The van der Waals surface area contributed by atoms with Crippen LogP contribution in [0.3, 0.4) is 0 Å². The summed E-state index contributed by atoms with van der Waals surface area (Å²) in [6.45, 7) is 0.611. The van der Waals surface area contributed by atoms with Crippen molar-refractivity contribution < 1.29 is 4.74 Å². The lowest BCUT2D eigenvalue weighted by Gasteiger charge is -2.30. The van der Waals surface area contributed by atoms with Crippen molar-refractivity contribution in [3.63, 3.8) is 0 Å². The number of ether oxygens (including phenoxy) is 1. The highest BCUT2D eigenvalue weighted by atomic mass is 35.5. The molecule has 1 aliphatic carbocycles. The van der Waals surface area contributed by atoms with Gasteiger partial charge in [0.25, 0.3) is 0 Å². The van der Waals surface area contributed by atoms with Crippen LogP contribution in [-0.2, 0) is 4.74 Å². The Morgan fingerprint density at radius 1 is 1.36 bits per heavy atom. The molecule has 1 aliphatic rings. The highest BCUT2D eigenvalue weighted by molar-refractivity contribution is 5.85. The van der Waals surface area contributed by atoms with E-state index in [0.717, 1.165) is 6.42 Å². The van der Waals surface area contributed by atoms with Gasteiger partial charge in [-0.15, -0.1) is 12.4 Å². The first-order valence-electron chi connectivity index (χ1n) is 5.26. The summed E-state index contributed by atoms with van der Waals surface area (Å²) in [7, 11) is 1.73. The van der Waals surface area contributed by atoms with E-state index in [1.807, 2.05) is 0 Å². The summed E-state index contributed by atoms with van der Waals surface area (Å²) in [5.74, 6) is 0.627. The molecular weight excluding hydrogens is 200 g/mol. The topological polar surface area (TPSA) is 61.3 Å². The van der Waals surface area contributed by atoms with Gasteiger partial charge < -0.3 is 16.2 Å². The molecule has 86 valence electrons. The first kappa shape index (κ1) is 14.2. The van der Waals surface area contributed by atoms with Crippen LogP contribution in [-0.4, -0.2) is 25.8 Å². The second-order valence-corrected chi connectivity index (χ2v) is 4.04. The molecule has 4 heteroatoms. The Kier molecular flexibility index (Phi) is 7.55. The van der Waals surface area contributed by atoms with Crippen molar-refractivity contribution in [3.8, 4) is 0 Å². The van der Waals surface area contributed by atoms with Crippen LogP contribution < -0.4 is 11.5 Å². The van der Waals surface area contributed by atoms with Gasteiger partial charge in [-0.3, -0.25) is 0 Å². The van der Waals surface area contributed by atoms with Crippen molar-refractivity contribution in [2.75, 3.05) is 13.7 Å². The van der Waals surface area contributed by atoms with Crippen LogP contribution in [0.5, 0.6) is 0 Å². The van der Waals surface area contributed by atoms with Crippen LogP contribution in [0.15, 0.2) is 0 Å². The minimum Gasteiger partial charge on any atom is -0.380 e. The molecule has 0 bridgehead atoms. The first-order chi connectivity index (χ1) is 6.27. The van der Waals surface area contributed by atoms with Crippen LogP contribution in [0, 0.1) is 5.92 Å². The molecule has 0 amide bonds. The fraction of sp³-hybridized carbons (Fsp3) is 1.00. The van der Waals surface area contributed by atoms with Crippen molar-refractivity contribution >= 4 is 12.4 Å². The quantitative estimate of drug-likeness (QED) is 0.754. The van der Waals surface area contributed by atoms with Gasteiger partial charge in [-0.1, -0.05) is 12.8 Å². The average molecular weight is 223 g/mol. The van der Waals surface area contributed by atoms with Gasteiger partial charge in [0.1, 0.15) is 0 Å². The zero-order valence-corrected chi connectivity index (χ0v) is 9.76. The van der Waals surface area contributed by atoms with Gasteiger partial charge in [0.15, 0.2) is 0 Å². The van der Waals surface area contributed by atoms with Gasteiger partial charge in [-0.25, -0.2) is 0 Å². The van der Waals surface area contributed by atoms with Crippen LogP contribution >= 0.6 is 12.4 Å². The normalized spacial score (nSPS) is 29.4. The third-order valence-electron chi connectivity index (χ3n) is 3.13. The van der Waals surface area contributed by atoms with E-state index in [9.17, 15) is 0 Å². The van der Waals surface area contributed by atoms with E-state index in [0.29, 0.717) is 18.5 Å². The summed E-state index contributed by atoms with van der Waals surface area (Å²) in [5, 5.41) is 0. The minimum atomic E-state index is 0. The monoisotopic (exact) mass is 222 g/mol. The molecule has 1 fully saturated rings. The Bertz CT molecular complexity index is 142. The van der Waals surface area contributed by atoms with Crippen molar-refractivity contribution in [1.29, 1.82) is 0 Å². The summed E-state index contributed by atoms with van der Waals surface area (Å²) in [5.41, 5.74) is 11.6. The van der Waals surface area contributed by atoms with Crippen LogP contribution in [0.4, 0.5) is 0 Å². The molecular formula is C10H23ClN2O. The van der Waals surface area contributed by atoms with Crippen molar-refractivity contribution in [2.45, 2.75) is 44.2 Å². The summed E-state index contributed by atoms with van der Waals surface area (Å²) >= 11 is 0. The van der Waals surface area contributed by atoms with Crippen LogP contribution in [0.1, 0.15) is 32.1 Å². The van der Waals surface area contributed by atoms with Crippen molar-refractivity contribution in [3.05, 3.63) is 0 Å². The zero-order valence-electron chi connectivity index (χ0n) is 8.95. The van der Waals surface area contributed by atoms with Gasteiger partial charge in [0, 0.05) is 19.7 Å². The van der Waals surface area contributed by atoms with Gasteiger partial charge >= 0.3 is 0 Å². The Morgan fingerprint density at radius 2 is 2.00 bits per heavy atom. The summed E-state index contributed by atoms with van der Waals surface area (Å²) in [6.07, 6.45) is 6.27. The predicted octanol–water partition coefficient (Wildman–Crippen LogP) is 1.29. The van der Waals surface area contributed by atoms with E-state index in [4.69, 9.17) is 16.2 Å². The second kappa shape index (κ2) is 7.46. The maximum absolute atomic E-state index is 6.04. The standard InChI is InChI=1S/C10H22N2O.ClH/c1-13-9(7-11)6-8-4-2-3-5-10(8)12;/h8-10H,2-7,11-12H2,1H3;1H/t8-,9?,10-;/m0./s1. The maximum atomic E-state index is 6.04. The fourth-order valence-corrected chi connectivity index (χ4v) is 2.16. The van der Waals surface area contributed by atoms with E-state index in [1.165, 1.54) is 25.7 Å². The molecule has 0 radical (unpaired) electrons. The van der Waals surface area contributed by atoms with Crippen LogP contribution in [0.2, 0.25) is 0 Å². The molecule has 0 spiro atoms. The highest BCUT2D eigenvalue weighted by Gasteiger charge is 2.24. The molecule has 1 unspecified atom stereocenters. The second-order valence-electron chi connectivity index (χ2n) is 4.04. The van der Waals surface area contributed by atoms with E-state index in [-0.39, 0.29) is 18.5 Å². The fourth-order valence-electron chi connectivity index (χ4n) is 2.16. The lowest BCUT2D eigenvalue weighted by Crippen LogP contribution is -2.37. The van der Waals surface area contributed by atoms with Gasteiger partial charge in [-0.05, 0) is 25.2 Å².